The normalized spacial score (nSPS) is 16.1. The van der Waals surface area contributed by atoms with Gasteiger partial charge in [0.05, 0.1) is 4.90 Å². The molecule has 4 rings (SSSR count). The van der Waals surface area contributed by atoms with E-state index in [1.165, 1.54) is 17.7 Å². The number of nitrogens with one attached hydrogen (secondary N) is 4. The fourth-order valence-electron chi connectivity index (χ4n) is 5.04. The predicted octanol–water partition coefficient (Wildman–Crippen LogP) is 1.83. The fourth-order valence-corrected chi connectivity index (χ4v) is 6.25. The average molecular weight is 571 g/mol. The van der Waals surface area contributed by atoms with Crippen molar-refractivity contribution in [2.24, 2.45) is 5.92 Å². The number of fused-ring (bicyclic) bond motifs is 1. The molecule has 216 valence electrons. The lowest BCUT2D eigenvalue weighted by atomic mass is 9.93. The molecule has 11 heteroatoms. The van der Waals surface area contributed by atoms with Crippen molar-refractivity contribution in [1.82, 2.24) is 20.7 Å². The fraction of sp³-hybridized carbons (Fsp3) is 0.483. The maximum Gasteiger partial charge on any atom is 0.331 e. The van der Waals surface area contributed by atoms with E-state index in [0.29, 0.717) is 18.1 Å². The summed E-state index contributed by atoms with van der Waals surface area (Å²) in [5.74, 6) is -0.480. The first kappa shape index (κ1) is 29.7. The Bertz CT molecular complexity index is 1280. The zero-order valence-electron chi connectivity index (χ0n) is 22.6. The minimum Gasteiger partial charge on any atom is -0.425 e. The topological polar surface area (TPSA) is 143 Å². The Morgan fingerprint density at radius 2 is 1.65 bits per heavy atom. The Morgan fingerprint density at radius 1 is 0.925 bits per heavy atom. The van der Waals surface area contributed by atoms with Crippen LogP contribution in [0.25, 0.3) is 0 Å². The van der Waals surface area contributed by atoms with Crippen molar-refractivity contribution in [1.29, 1.82) is 0 Å². The molecule has 1 aliphatic carbocycles. The second-order valence-electron chi connectivity index (χ2n) is 10.3. The van der Waals surface area contributed by atoms with Crippen LogP contribution in [0.4, 0.5) is 0 Å². The second-order valence-corrected chi connectivity index (χ2v) is 12.0. The van der Waals surface area contributed by atoms with Gasteiger partial charge in [0.25, 0.3) is 0 Å². The molecule has 1 aliphatic heterocycles. The molecule has 0 aromatic heterocycles. The lowest BCUT2D eigenvalue weighted by Gasteiger charge is -2.22. The number of esters is 1. The van der Waals surface area contributed by atoms with Crippen molar-refractivity contribution in [2.75, 3.05) is 26.2 Å². The first-order chi connectivity index (χ1) is 19.3. The Morgan fingerprint density at radius 3 is 2.42 bits per heavy atom. The van der Waals surface area contributed by atoms with Crippen LogP contribution in [0.3, 0.4) is 0 Å². The summed E-state index contributed by atoms with van der Waals surface area (Å²) in [5.41, 5.74) is 2.32. The molecular formula is C29H38N4O6S. The molecular weight excluding hydrogens is 532 g/mol. The molecule has 4 N–H and O–H groups in total. The van der Waals surface area contributed by atoms with E-state index in [-0.39, 0.29) is 30.3 Å². The molecule has 0 spiro atoms. The summed E-state index contributed by atoms with van der Waals surface area (Å²) < 4.78 is 33.8. The number of carbonyl (C=O) groups is 3. The molecule has 1 unspecified atom stereocenters. The summed E-state index contributed by atoms with van der Waals surface area (Å²) in [6.45, 7) is 1.81. The largest absolute Gasteiger partial charge is 0.425 e. The van der Waals surface area contributed by atoms with Crippen molar-refractivity contribution in [3.63, 3.8) is 0 Å². The summed E-state index contributed by atoms with van der Waals surface area (Å²) in [6.07, 6.45) is 6.30. The van der Waals surface area contributed by atoms with Crippen LogP contribution in [0.15, 0.2) is 53.4 Å². The Kier molecular flexibility index (Phi) is 10.7. The average Bonchev–Trinajstić information content (AvgIpc) is 3.43. The third-order valence-electron chi connectivity index (χ3n) is 7.34. The van der Waals surface area contributed by atoms with E-state index in [4.69, 9.17) is 4.74 Å². The van der Waals surface area contributed by atoms with Crippen molar-refractivity contribution >= 4 is 27.8 Å². The van der Waals surface area contributed by atoms with E-state index in [2.05, 4.69) is 20.7 Å². The molecule has 0 radical (unpaired) electrons. The van der Waals surface area contributed by atoms with Crippen LogP contribution in [-0.4, -0.2) is 58.4 Å². The Labute approximate surface area is 235 Å². The zero-order chi connectivity index (χ0) is 28.4. The van der Waals surface area contributed by atoms with Crippen LogP contribution in [-0.2, 0) is 37.2 Å². The number of carbonyl (C=O) groups excluding carboxylic acids is 3. The second kappa shape index (κ2) is 14.4. The Hall–Kier alpha value is -3.28. The molecule has 1 heterocycles. The predicted molar refractivity (Wildman–Crippen MR) is 150 cm³/mol. The smallest absolute Gasteiger partial charge is 0.331 e. The molecule has 40 heavy (non-hydrogen) atoms. The standard InChI is InChI=1S/C29H38N4O6S/c34-27(12-9-21-13-16-30-17-14-21)31-18-15-28(35)32-20-26(33-40(37,38)25-7-2-1-3-8-25)29(36)39-24-11-10-22-5-4-6-23(22)19-24/h1-3,7-8,10-11,19,21,26,30,33H,4-6,9,12-18,20H2,(H,31,34)(H,32,35). The molecule has 2 aromatic carbocycles. The van der Waals surface area contributed by atoms with Crippen molar-refractivity contribution in [3.8, 4) is 5.75 Å². The van der Waals surface area contributed by atoms with Gasteiger partial charge in [-0.3, -0.25) is 9.59 Å². The number of sulfonamides is 1. The summed E-state index contributed by atoms with van der Waals surface area (Å²) in [4.78, 5) is 37.7. The van der Waals surface area contributed by atoms with Crippen LogP contribution >= 0.6 is 0 Å². The summed E-state index contributed by atoms with van der Waals surface area (Å²) in [6, 6.07) is 11.7. The molecule has 0 bridgehead atoms. The van der Waals surface area contributed by atoms with E-state index < -0.39 is 27.9 Å². The van der Waals surface area contributed by atoms with Gasteiger partial charge >= 0.3 is 5.97 Å². The van der Waals surface area contributed by atoms with Crippen molar-refractivity contribution < 1.29 is 27.5 Å². The lowest BCUT2D eigenvalue weighted by Crippen LogP contribution is -2.50. The van der Waals surface area contributed by atoms with E-state index in [0.717, 1.165) is 57.2 Å². The third kappa shape index (κ3) is 8.87. The van der Waals surface area contributed by atoms with Crippen molar-refractivity contribution in [2.45, 2.75) is 62.3 Å². The highest BCUT2D eigenvalue weighted by Gasteiger charge is 2.28. The zero-order valence-corrected chi connectivity index (χ0v) is 23.4. The number of benzene rings is 2. The van der Waals surface area contributed by atoms with Crippen LogP contribution in [0.1, 0.15) is 49.7 Å². The summed E-state index contributed by atoms with van der Waals surface area (Å²) in [5, 5.41) is 8.66. The van der Waals surface area contributed by atoms with Crippen LogP contribution in [0, 0.1) is 5.92 Å². The summed E-state index contributed by atoms with van der Waals surface area (Å²) >= 11 is 0. The molecule has 1 atom stereocenters. The van der Waals surface area contributed by atoms with Gasteiger partial charge in [-0.1, -0.05) is 24.3 Å². The quantitative estimate of drug-likeness (QED) is 0.213. The molecule has 1 saturated heterocycles. The molecule has 2 aliphatic rings. The number of rotatable bonds is 13. The van der Waals surface area contributed by atoms with E-state index >= 15 is 0 Å². The van der Waals surface area contributed by atoms with Gasteiger partial charge in [0.2, 0.25) is 21.8 Å². The molecule has 1 fully saturated rings. The lowest BCUT2D eigenvalue weighted by molar-refractivity contribution is -0.136. The van der Waals surface area contributed by atoms with Gasteiger partial charge in [0.15, 0.2) is 0 Å². The van der Waals surface area contributed by atoms with Crippen LogP contribution in [0.5, 0.6) is 5.75 Å². The summed E-state index contributed by atoms with van der Waals surface area (Å²) in [7, 11) is -4.06. The van der Waals surface area contributed by atoms with Gasteiger partial charge in [-0.25, -0.2) is 13.2 Å². The maximum absolute atomic E-state index is 13.1. The van der Waals surface area contributed by atoms with E-state index in [1.54, 1.807) is 30.3 Å². The minimum atomic E-state index is -4.06. The van der Waals surface area contributed by atoms with Gasteiger partial charge in [0, 0.05) is 25.9 Å². The van der Waals surface area contributed by atoms with Gasteiger partial charge < -0.3 is 20.7 Å². The first-order valence-electron chi connectivity index (χ1n) is 13.9. The molecule has 10 nitrogen and oxygen atoms in total. The van der Waals surface area contributed by atoms with Gasteiger partial charge in [0.1, 0.15) is 11.8 Å². The highest BCUT2D eigenvalue weighted by molar-refractivity contribution is 7.89. The maximum atomic E-state index is 13.1. The monoisotopic (exact) mass is 570 g/mol. The SMILES string of the molecule is O=C(CCC1CCNCC1)NCCC(=O)NCC(NS(=O)(=O)c1ccccc1)C(=O)Oc1ccc2c(c1)CCC2. The first-order valence-corrected chi connectivity index (χ1v) is 15.4. The molecule has 2 aromatic rings. The van der Waals surface area contributed by atoms with Gasteiger partial charge in [-0.2, -0.15) is 4.72 Å². The highest BCUT2D eigenvalue weighted by atomic mass is 32.2. The molecule has 0 saturated carbocycles. The highest BCUT2D eigenvalue weighted by Crippen LogP contribution is 2.26. The number of piperidine rings is 1. The van der Waals surface area contributed by atoms with Gasteiger partial charge in [-0.15, -0.1) is 0 Å². The van der Waals surface area contributed by atoms with Crippen LogP contribution < -0.4 is 25.4 Å². The van der Waals surface area contributed by atoms with Crippen molar-refractivity contribution in [3.05, 3.63) is 59.7 Å². The molecule has 2 amide bonds. The van der Waals surface area contributed by atoms with E-state index in [9.17, 15) is 22.8 Å². The number of amides is 2. The van der Waals surface area contributed by atoms with Gasteiger partial charge in [-0.05, 0) is 92.9 Å². The third-order valence-corrected chi connectivity index (χ3v) is 8.83. The van der Waals surface area contributed by atoms with E-state index in [1.807, 2.05) is 6.07 Å². The number of ether oxygens (including phenoxy) is 1. The Balaban J connectivity index is 1.30. The number of aryl methyl sites for hydroxylation is 2. The van der Waals surface area contributed by atoms with Crippen LogP contribution in [0.2, 0.25) is 0 Å². The minimum absolute atomic E-state index is 0.00286. The number of hydrogen-bond donors (Lipinski definition) is 4. The number of hydrogen-bond acceptors (Lipinski definition) is 7.